The molecule has 1 N–H and O–H groups in total. The number of piperazine rings is 1. The normalized spacial score (nSPS) is 17.4. The van der Waals surface area contributed by atoms with Gasteiger partial charge >= 0.3 is 0 Å². The van der Waals surface area contributed by atoms with Gasteiger partial charge in [-0.15, -0.1) is 11.8 Å². The van der Waals surface area contributed by atoms with Crippen LogP contribution in [0.3, 0.4) is 0 Å². The van der Waals surface area contributed by atoms with E-state index in [1.54, 1.807) is 4.90 Å². The highest BCUT2D eigenvalue weighted by molar-refractivity contribution is 8.03. The lowest BCUT2D eigenvalue weighted by Gasteiger charge is -2.32. The highest BCUT2D eigenvalue weighted by atomic mass is 32.2. The number of carbonyl (C=O) groups is 1. The Hall–Kier alpha value is -1.50. The molecule has 1 heterocycles. The number of amides is 1. The van der Waals surface area contributed by atoms with Crippen LogP contribution in [-0.4, -0.2) is 86.3 Å². The summed E-state index contributed by atoms with van der Waals surface area (Å²) in [5.74, 6) is 0.0860. The Morgan fingerprint density at radius 3 is 2.46 bits per heavy atom. The first-order valence-corrected chi connectivity index (χ1v) is 11.4. The lowest BCUT2D eigenvalue weighted by molar-refractivity contribution is -0.124. The largest absolute Gasteiger partial charge is 0.379 e. The number of hydrogen-bond acceptors (Lipinski definition) is 5. The first-order valence-electron chi connectivity index (χ1n) is 10.2. The van der Waals surface area contributed by atoms with Crippen LogP contribution in [0.5, 0.6) is 0 Å². The fourth-order valence-corrected chi connectivity index (χ4v) is 3.89. The van der Waals surface area contributed by atoms with E-state index in [2.05, 4.69) is 53.4 Å². The van der Waals surface area contributed by atoms with Crippen LogP contribution in [0.4, 0.5) is 5.69 Å². The molecule has 1 fully saturated rings. The summed E-state index contributed by atoms with van der Waals surface area (Å²) in [4.78, 5) is 19.8. The van der Waals surface area contributed by atoms with Gasteiger partial charge in [-0.25, -0.2) is 0 Å². The van der Waals surface area contributed by atoms with Crippen molar-refractivity contribution in [1.82, 2.24) is 14.7 Å². The molecule has 5 nitrogen and oxygen atoms in total. The summed E-state index contributed by atoms with van der Waals surface area (Å²) in [6.07, 6.45) is 5.06. The van der Waals surface area contributed by atoms with Gasteiger partial charge in [0.15, 0.2) is 0 Å². The van der Waals surface area contributed by atoms with Crippen LogP contribution in [0.1, 0.15) is 19.4 Å². The number of rotatable bonds is 9. The Morgan fingerprint density at radius 2 is 1.89 bits per heavy atom. The van der Waals surface area contributed by atoms with E-state index in [9.17, 15) is 4.79 Å². The maximum Gasteiger partial charge on any atom is 0.259 e. The van der Waals surface area contributed by atoms with Crippen LogP contribution >= 0.6 is 11.8 Å². The molecule has 1 saturated heterocycles. The Kier molecular flexibility index (Phi) is 9.35. The molecule has 0 saturated carbocycles. The van der Waals surface area contributed by atoms with Crippen molar-refractivity contribution in [2.45, 2.75) is 26.3 Å². The second-order valence-corrected chi connectivity index (χ2v) is 8.43. The average molecular weight is 405 g/mol. The van der Waals surface area contributed by atoms with Gasteiger partial charge in [-0.1, -0.05) is 12.1 Å². The molecule has 1 aromatic carbocycles. The minimum absolute atomic E-state index is 0.0860. The third-order valence-corrected chi connectivity index (χ3v) is 6.06. The first-order chi connectivity index (χ1) is 13.4. The third-order valence-electron chi connectivity index (χ3n) is 5.31. The smallest absolute Gasteiger partial charge is 0.259 e. The van der Waals surface area contributed by atoms with E-state index in [1.807, 2.05) is 26.3 Å². The fourth-order valence-electron chi connectivity index (χ4n) is 3.22. The molecule has 0 radical (unpaired) electrons. The summed E-state index contributed by atoms with van der Waals surface area (Å²) in [6.45, 7) is 10.6. The zero-order valence-electron chi connectivity index (χ0n) is 18.1. The van der Waals surface area contributed by atoms with Crippen LogP contribution in [-0.2, 0) is 11.2 Å². The molecule has 1 aliphatic heterocycles. The number of nitrogens with one attached hydrogen (secondary N) is 1. The summed E-state index contributed by atoms with van der Waals surface area (Å²) >= 11 is 1.51. The van der Waals surface area contributed by atoms with Gasteiger partial charge in [0.1, 0.15) is 0 Å². The van der Waals surface area contributed by atoms with Crippen molar-refractivity contribution in [3.8, 4) is 0 Å². The summed E-state index contributed by atoms with van der Waals surface area (Å²) in [7, 11) is 4.03. The second kappa shape index (κ2) is 11.5. The standard InChI is InChI=1S/C22H36N4OS/c1-6-25(4)22(27)21(28-5)17-18(2)23-20-9-7-19(8-10-20)11-12-26-15-13-24(3)14-16-26/h7-10,17-18,23H,6,11-16H2,1-5H3. The van der Waals surface area contributed by atoms with Gasteiger partial charge in [-0.2, -0.15) is 0 Å². The number of carbonyl (C=O) groups excluding carboxylic acids is 1. The van der Waals surface area contributed by atoms with E-state index in [0.717, 1.165) is 23.6 Å². The Bertz CT molecular complexity index is 638. The molecule has 0 aliphatic carbocycles. The maximum atomic E-state index is 12.4. The molecule has 6 heteroatoms. The van der Waals surface area contributed by atoms with Crippen molar-refractivity contribution in [2.24, 2.45) is 0 Å². The second-order valence-electron chi connectivity index (χ2n) is 7.58. The van der Waals surface area contributed by atoms with Gasteiger partial charge < -0.3 is 20.0 Å². The Morgan fingerprint density at radius 1 is 1.25 bits per heavy atom. The zero-order chi connectivity index (χ0) is 20.5. The van der Waals surface area contributed by atoms with Crippen molar-refractivity contribution < 1.29 is 4.79 Å². The molecule has 0 bridgehead atoms. The molecule has 0 spiro atoms. The minimum atomic E-state index is 0.0860. The molecular formula is C22H36N4OS. The van der Waals surface area contributed by atoms with Crippen LogP contribution in [0, 0.1) is 0 Å². The van der Waals surface area contributed by atoms with Crippen LogP contribution < -0.4 is 5.32 Å². The summed E-state index contributed by atoms with van der Waals surface area (Å²) in [6, 6.07) is 8.79. The van der Waals surface area contributed by atoms with Gasteiger partial charge in [-0.05, 0) is 57.3 Å². The van der Waals surface area contributed by atoms with Crippen molar-refractivity contribution in [3.63, 3.8) is 0 Å². The van der Waals surface area contributed by atoms with Crippen molar-refractivity contribution >= 4 is 23.4 Å². The molecule has 1 amide bonds. The van der Waals surface area contributed by atoms with Gasteiger partial charge in [-0.3, -0.25) is 4.79 Å². The van der Waals surface area contributed by atoms with Crippen LogP contribution in [0.15, 0.2) is 35.2 Å². The number of benzene rings is 1. The molecule has 2 rings (SSSR count). The molecule has 1 aliphatic rings. The van der Waals surface area contributed by atoms with Crippen LogP contribution in [0.25, 0.3) is 0 Å². The predicted molar refractivity (Wildman–Crippen MR) is 122 cm³/mol. The van der Waals surface area contributed by atoms with E-state index >= 15 is 0 Å². The highest BCUT2D eigenvalue weighted by Crippen LogP contribution is 2.18. The predicted octanol–water partition coefficient (Wildman–Crippen LogP) is 3.00. The zero-order valence-corrected chi connectivity index (χ0v) is 18.9. The van der Waals surface area contributed by atoms with E-state index in [0.29, 0.717) is 6.54 Å². The topological polar surface area (TPSA) is 38.8 Å². The number of anilines is 1. The number of nitrogens with zero attached hydrogens (tertiary/aromatic N) is 3. The summed E-state index contributed by atoms with van der Waals surface area (Å²) in [5.41, 5.74) is 2.46. The monoisotopic (exact) mass is 404 g/mol. The lowest BCUT2D eigenvalue weighted by atomic mass is 10.1. The average Bonchev–Trinajstić information content (AvgIpc) is 2.71. The molecule has 0 aromatic heterocycles. The highest BCUT2D eigenvalue weighted by Gasteiger charge is 2.14. The van der Waals surface area contributed by atoms with Crippen LogP contribution in [0.2, 0.25) is 0 Å². The van der Waals surface area contributed by atoms with Gasteiger partial charge in [0.25, 0.3) is 5.91 Å². The van der Waals surface area contributed by atoms with E-state index < -0.39 is 0 Å². The van der Waals surface area contributed by atoms with Gasteiger partial charge in [0.2, 0.25) is 0 Å². The molecular weight excluding hydrogens is 368 g/mol. The molecule has 1 atom stereocenters. The number of likely N-dealkylation sites (N-methyl/N-ethyl adjacent to an activating group) is 2. The lowest BCUT2D eigenvalue weighted by Crippen LogP contribution is -2.45. The maximum absolute atomic E-state index is 12.4. The molecule has 156 valence electrons. The van der Waals surface area contributed by atoms with Gasteiger partial charge in [0.05, 0.1) is 4.91 Å². The third kappa shape index (κ3) is 7.15. The van der Waals surface area contributed by atoms with Crippen molar-refractivity contribution in [1.29, 1.82) is 0 Å². The molecule has 1 aromatic rings. The minimum Gasteiger partial charge on any atom is -0.379 e. The van der Waals surface area contributed by atoms with E-state index in [-0.39, 0.29) is 11.9 Å². The summed E-state index contributed by atoms with van der Waals surface area (Å²) in [5, 5.41) is 3.48. The molecule has 1 unspecified atom stereocenters. The Balaban J connectivity index is 1.85. The number of hydrogen-bond donors (Lipinski definition) is 1. The Labute approximate surface area is 175 Å². The number of thioether (sulfide) groups is 1. The SMILES string of the molecule is CCN(C)C(=O)C(=CC(C)Nc1ccc(CCN2CCN(C)CC2)cc1)SC. The van der Waals surface area contributed by atoms with Gasteiger partial charge in [0, 0.05) is 58.0 Å². The first kappa shape index (κ1) is 22.8. The van der Waals surface area contributed by atoms with E-state index in [1.165, 1.54) is 43.5 Å². The van der Waals surface area contributed by atoms with Crippen molar-refractivity contribution in [3.05, 3.63) is 40.8 Å². The molecule has 28 heavy (non-hydrogen) atoms. The summed E-state index contributed by atoms with van der Waals surface area (Å²) < 4.78 is 0. The quantitative estimate of drug-likeness (QED) is 0.641. The van der Waals surface area contributed by atoms with Crippen molar-refractivity contribution in [2.75, 3.05) is 64.9 Å². The van der Waals surface area contributed by atoms with E-state index in [4.69, 9.17) is 0 Å². The fraction of sp³-hybridized carbons (Fsp3) is 0.591.